The summed E-state index contributed by atoms with van der Waals surface area (Å²) in [5.74, 6) is 0.808. The molecule has 3 heteroatoms. The summed E-state index contributed by atoms with van der Waals surface area (Å²) in [7, 11) is 0. The van der Waals surface area contributed by atoms with E-state index in [1.54, 1.807) is 0 Å². The van der Waals surface area contributed by atoms with Gasteiger partial charge in [-0.3, -0.25) is 0 Å². The molecule has 0 atom stereocenters. The van der Waals surface area contributed by atoms with Crippen molar-refractivity contribution < 1.29 is 0 Å². The molecule has 0 unspecified atom stereocenters. The zero-order valence-electron chi connectivity index (χ0n) is 8.13. The van der Waals surface area contributed by atoms with Crippen molar-refractivity contribution in [2.24, 2.45) is 0 Å². The number of hydrogen-bond acceptors (Lipinski definition) is 3. The molecule has 0 aliphatic carbocycles. The predicted molar refractivity (Wildman–Crippen MR) is 47.9 cm³/mol. The molecule has 0 saturated carbocycles. The minimum absolute atomic E-state index is 0.0479. The first kappa shape index (κ1) is 9.10. The summed E-state index contributed by atoms with van der Waals surface area (Å²) >= 11 is 0. The van der Waals surface area contributed by atoms with E-state index >= 15 is 0 Å². The molecular formula is C9H15N3. The number of aromatic nitrogens is 3. The average molecular weight is 165 g/mol. The molecule has 0 fully saturated rings. The van der Waals surface area contributed by atoms with Crippen LogP contribution >= 0.6 is 0 Å². The molecular weight excluding hydrogens is 150 g/mol. The van der Waals surface area contributed by atoms with Gasteiger partial charge in [-0.05, 0) is 0 Å². The molecule has 3 nitrogen and oxygen atoms in total. The number of nitrogens with zero attached hydrogens (tertiary/aromatic N) is 3. The maximum absolute atomic E-state index is 4.19. The summed E-state index contributed by atoms with van der Waals surface area (Å²) in [6, 6.07) is 0. The summed E-state index contributed by atoms with van der Waals surface area (Å²) in [5.41, 5.74) is 0.992. The van der Waals surface area contributed by atoms with Gasteiger partial charge in [0.1, 0.15) is 0 Å². The van der Waals surface area contributed by atoms with Crippen LogP contribution in [-0.4, -0.2) is 15.2 Å². The van der Waals surface area contributed by atoms with E-state index < -0.39 is 0 Å². The third-order valence-corrected chi connectivity index (χ3v) is 1.69. The van der Waals surface area contributed by atoms with Crippen molar-refractivity contribution in [2.45, 2.75) is 39.5 Å². The highest BCUT2D eigenvalue weighted by atomic mass is 15.2. The van der Waals surface area contributed by atoms with Gasteiger partial charge < -0.3 is 0 Å². The fraction of sp³-hybridized carbons (Fsp3) is 0.667. The molecule has 0 spiro atoms. The molecule has 0 amide bonds. The Bertz CT molecular complexity index is 245. The first-order valence-electron chi connectivity index (χ1n) is 4.23. The van der Waals surface area contributed by atoms with Crippen LogP contribution in [0, 0.1) is 0 Å². The quantitative estimate of drug-likeness (QED) is 0.636. The number of rotatable bonds is 1. The molecule has 0 radical (unpaired) electrons. The summed E-state index contributed by atoms with van der Waals surface area (Å²) in [6.07, 6.45) is 2.66. The van der Waals surface area contributed by atoms with Crippen molar-refractivity contribution in [1.29, 1.82) is 0 Å². The predicted octanol–water partition coefficient (Wildman–Crippen LogP) is 1.73. The largest absolute Gasteiger partial charge is 0.237 e. The second kappa shape index (κ2) is 3.17. The summed E-state index contributed by atoms with van der Waals surface area (Å²) in [4.78, 5) is 4.19. The molecule has 0 aromatic carbocycles. The van der Waals surface area contributed by atoms with Crippen molar-refractivity contribution in [3.05, 3.63) is 17.7 Å². The Kier molecular flexibility index (Phi) is 2.40. The van der Waals surface area contributed by atoms with Crippen LogP contribution in [0.4, 0.5) is 0 Å². The molecule has 1 heterocycles. The molecule has 0 aliphatic rings. The summed E-state index contributed by atoms with van der Waals surface area (Å²) in [6.45, 7) is 8.33. The van der Waals surface area contributed by atoms with Crippen LogP contribution in [0.25, 0.3) is 0 Å². The van der Waals surface area contributed by atoms with Crippen LogP contribution < -0.4 is 0 Å². The van der Waals surface area contributed by atoms with Gasteiger partial charge in [-0.25, -0.2) is 4.98 Å². The number of aryl methyl sites for hydroxylation is 1. The van der Waals surface area contributed by atoms with Gasteiger partial charge in [-0.1, -0.05) is 27.7 Å². The lowest BCUT2D eigenvalue weighted by Gasteiger charge is -2.15. The molecule has 12 heavy (non-hydrogen) atoms. The molecule has 0 N–H and O–H groups in total. The van der Waals surface area contributed by atoms with Gasteiger partial charge >= 0.3 is 0 Å². The van der Waals surface area contributed by atoms with Gasteiger partial charge in [0.2, 0.25) is 0 Å². The van der Waals surface area contributed by atoms with Crippen molar-refractivity contribution in [3.63, 3.8) is 0 Å². The Morgan fingerprint density at radius 1 is 1.25 bits per heavy atom. The third-order valence-electron chi connectivity index (χ3n) is 1.69. The zero-order valence-corrected chi connectivity index (χ0v) is 8.13. The van der Waals surface area contributed by atoms with Crippen molar-refractivity contribution in [3.8, 4) is 0 Å². The topological polar surface area (TPSA) is 38.7 Å². The SMILES string of the molecule is CCc1ncc(C(C)(C)C)nn1. The Hall–Kier alpha value is -0.990. The van der Waals surface area contributed by atoms with E-state index in [9.17, 15) is 0 Å². The minimum Gasteiger partial charge on any atom is -0.237 e. The van der Waals surface area contributed by atoms with Crippen LogP contribution in [0.15, 0.2) is 6.20 Å². The Morgan fingerprint density at radius 2 is 1.92 bits per heavy atom. The van der Waals surface area contributed by atoms with Crippen molar-refractivity contribution in [1.82, 2.24) is 15.2 Å². The molecule has 0 bridgehead atoms. The fourth-order valence-electron chi connectivity index (χ4n) is 0.805. The lowest BCUT2D eigenvalue weighted by Crippen LogP contribution is -2.15. The average Bonchev–Trinajstić information content (AvgIpc) is 2.03. The first-order chi connectivity index (χ1) is 5.54. The maximum atomic E-state index is 4.19. The van der Waals surface area contributed by atoms with E-state index in [-0.39, 0.29) is 5.41 Å². The van der Waals surface area contributed by atoms with E-state index in [2.05, 4.69) is 36.0 Å². The Labute approximate surface area is 73.2 Å². The molecule has 66 valence electrons. The van der Waals surface area contributed by atoms with Crippen molar-refractivity contribution in [2.75, 3.05) is 0 Å². The molecule has 0 saturated heterocycles. The Balaban J connectivity index is 2.93. The highest BCUT2D eigenvalue weighted by Crippen LogP contribution is 2.17. The van der Waals surface area contributed by atoms with E-state index in [0.717, 1.165) is 17.9 Å². The second-order valence-electron chi connectivity index (χ2n) is 3.86. The second-order valence-corrected chi connectivity index (χ2v) is 3.86. The van der Waals surface area contributed by atoms with Gasteiger partial charge in [0.15, 0.2) is 5.82 Å². The molecule has 1 aromatic heterocycles. The van der Waals surface area contributed by atoms with Crippen LogP contribution in [0.3, 0.4) is 0 Å². The van der Waals surface area contributed by atoms with Gasteiger partial charge in [0.25, 0.3) is 0 Å². The highest BCUT2D eigenvalue weighted by Gasteiger charge is 2.15. The maximum Gasteiger partial charge on any atom is 0.150 e. The van der Waals surface area contributed by atoms with Crippen LogP contribution in [-0.2, 0) is 11.8 Å². The smallest absolute Gasteiger partial charge is 0.150 e. The van der Waals surface area contributed by atoms with Gasteiger partial charge in [0.05, 0.1) is 11.9 Å². The minimum atomic E-state index is 0.0479. The Morgan fingerprint density at radius 3 is 2.25 bits per heavy atom. The highest BCUT2D eigenvalue weighted by molar-refractivity contribution is 5.06. The third kappa shape index (κ3) is 2.00. The number of hydrogen-bond donors (Lipinski definition) is 0. The van der Waals surface area contributed by atoms with Crippen LogP contribution in [0.5, 0.6) is 0 Å². The van der Waals surface area contributed by atoms with Gasteiger partial charge in [0, 0.05) is 11.8 Å². The molecule has 1 aromatic rings. The van der Waals surface area contributed by atoms with E-state index in [0.29, 0.717) is 0 Å². The standard InChI is InChI=1S/C9H15N3/c1-5-8-10-6-7(11-12-8)9(2,3)4/h6H,5H2,1-4H3. The monoisotopic (exact) mass is 165 g/mol. The fourth-order valence-corrected chi connectivity index (χ4v) is 0.805. The summed E-state index contributed by atoms with van der Waals surface area (Å²) in [5, 5.41) is 8.11. The van der Waals surface area contributed by atoms with Gasteiger partial charge in [-0.2, -0.15) is 5.10 Å². The van der Waals surface area contributed by atoms with E-state index in [1.807, 2.05) is 13.1 Å². The van der Waals surface area contributed by atoms with Crippen LogP contribution in [0.2, 0.25) is 0 Å². The van der Waals surface area contributed by atoms with E-state index in [4.69, 9.17) is 0 Å². The zero-order chi connectivity index (χ0) is 9.19. The lowest BCUT2D eigenvalue weighted by atomic mass is 9.93. The lowest BCUT2D eigenvalue weighted by molar-refractivity contribution is 0.549. The van der Waals surface area contributed by atoms with Crippen molar-refractivity contribution >= 4 is 0 Å². The first-order valence-corrected chi connectivity index (χ1v) is 4.23. The summed E-state index contributed by atoms with van der Waals surface area (Å²) < 4.78 is 0. The normalized spacial score (nSPS) is 11.7. The van der Waals surface area contributed by atoms with E-state index in [1.165, 1.54) is 0 Å². The molecule has 0 aliphatic heterocycles. The molecule has 1 rings (SSSR count). The van der Waals surface area contributed by atoms with Crippen LogP contribution in [0.1, 0.15) is 39.2 Å². The van der Waals surface area contributed by atoms with Gasteiger partial charge in [-0.15, -0.1) is 5.10 Å².